The fourth-order valence-corrected chi connectivity index (χ4v) is 2.27. The van der Waals surface area contributed by atoms with Crippen LogP contribution in [-0.2, 0) is 6.42 Å². The molecule has 0 saturated carbocycles. The monoisotopic (exact) mass is 253 g/mol. The second kappa shape index (κ2) is 4.50. The third kappa shape index (κ3) is 2.26. The number of aromatic hydroxyl groups is 2. The van der Waals surface area contributed by atoms with Gasteiger partial charge in [0, 0.05) is 12.0 Å². The number of rotatable bonds is 3. The van der Waals surface area contributed by atoms with Gasteiger partial charge in [-0.25, -0.2) is 0 Å². The van der Waals surface area contributed by atoms with Crippen molar-refractivity contribution < 1.29 is 14.9 Å². The minimum atomic E-state index is -0.320. The van der Waals surface area contributed by atoms with Crippen molar-refractivity contribution in [2.45, 2.75) is 6.42 Å². The van der Waals surface area contributed by atoms with E-state index in [0.717, 1.165) is 11.3 Å². The summed E-state index contributed by atoms with van der Waals surface area (Å²) >= 11 is 0.918. The summed E-state index contributed by atoms with van der Waals surface area (Å²) in [7, 11) is 1.46. The predicted octanol–water partition coefficient (Wildman–Crippen LogP) is 1.45. The fourth-order valence-electron chi connectivity index (χ4n) is 1.52. The third-order valence-electron chi connectivity index (χ3n) is 2.35. The van der Waals surface area contributed by atoms with E-state index in [9.17, 15) is 15.0 Å². The van der Waals surface area contributed by atoms with Gasteiger partial charge in [-0.2, -0.15) is 0 Å². The number of hydrogen-bond acceptors (Lipinski definition) is 5. The Morgan fingerprint density at radius 2 is 2.18 bits per heavy atom. The summed E-state index contributed by atoms with van der Waals surface area (Å²) < 4.78 is 4.98. The minimum absolute atomic E-state index is 0.0234. The SMILES string of the molecule is COc1cccc(Cc2sc(=O)[nH]c2O)c1O. The summed E-state index contributed by atoms with van der Waals surface area (Å²) in [4.78, 5) is 13.5. The van der Waals surface area contributed by atoms with Crippen LogP contribution >= 0.6 is 11.3 Å². The van der Waals surface area contributed by atoms with Crippen molar-refractivity contribution in [3.63, 3.8) is 0 Å². The summed E-state index contributed by atoms with van der Waals surface area (Å²) in [6.07, 6.45) is 0.276. The van der Waals surface area contributed by atoms with Crippen molar-refractivity contribution in [3.8, 4) is 17.4 Å². The summed E-state index contributed by atoms with van der Waals surface area (Å²) in [5.41, 5.74) is 0.593. The molecule has 0 aliphatic carbocycles. The average molecular weight is 253 g/mol. The number of aromatic nitrogens is 1. The number of hydrogen-bond donors (Lipinski definition) is 3. The molecule has 6 heteroatoms. The summed E-state index contributed by atoms with van der Waals surface area (Å²) in [6, 6.07) is 5.08. The summed E-state index contributed by atoms with van der Waals surface area (Å²) in [5.74, 6) is 0.238. The number of benzene rings is 1. The van der Waals surface area contributed by atoms with E-state index in [1.54, 1.807) is 18.2 Å². The molecule has 90 valence electrons. The molecule has 3 N–H and O–H groups in total. The van der Waals surface area contributed by atoms with Crippen LogP contribution in [0.15, 0.2) is 23.0 Å². The van der Waals surface area contributed by atoms with Crippen molar-refractivity contribution in [2.24, 2.45) is 0 Å². The van der Waals surface area contributed by atoms with E-state index < -0.39 is 0 Å². The summed E-state index contributed by atoms with van der Waals surface area (Å²) in [6.45, 7) is 0. The maximum atomic E-state index is 11.0. The molecule has 2 aromatic rings. The Morgan fingerprint density at radius 1 is 1.41 bits per heavy atom. The highest BCUT2D eigenvalue weighted by molar-refractivity contribution is 7.09. The van der Waals surface area contributed by atoms with Crippen molar-refractivity contribution in [2.75, 3.05) is 7.11 Å². The van der Waals surface area contributed by atoms with Gasteiger partial charge in [0.2, 0.25) is 5.88 Å². The Bertz CT molecular complexity index is 587. The molecule has 0 saturated heterocycles. The number of phenolic OH excluding ortho intramolecular Hbond substituents is 1. The quantitative estimate of drug-likeness (QED) is 0.773. The number of nitrogens with one attached hydrogen (secondary N) is 1. The molecular weight excluding hydrogens is 242 g/mol. The largest absolute Gasteiger partial charge is 0.504 e. The molecular formula is C11H11NO4S. The standard InChI is InChI=1S/C11H11NO4S/c1-16-7-4-2-3-6(9(7)13)5-8-10(14)12-11(15)17-8/h2-4,13-14H,5H2,1H3,(H,12,15). The third-order valence-corrected chi connectivity index (χ3v) is 3.23. The zero-order valence-electron chi connectivity index (χ0n) is 9.06. The Kier molecular flexibility index (Phi) is 3.06. The van der Waals surface area contributed by atoms with Gasteiger partial charge in [-0.15, -0.1) is 0 Å². The highest BCUT2D eigenvalue weighted by Gasteiger charge is 2.12. The Balaban J connectivity index is 2.36. The molecule has 0 bridgehead atoms. The van der Waals surface area contributed by atoms with Crippen LogP contribution in [0.2, 0.25) is 0 Å². The van der Waals surface area contributed by atoms with Gasteiger partial charge in [0.15, 0.2) is 11.5 Å². The summed E-state index contributed by atoms with van der Waals surface area (Å²) in [5, 5.41) is 19.3. The molecule has 5 nitrogen and oxygen atoms in total. The molecule has 17 heavy (non-hydrogen) atoms. The van der Waals surface area contributed by atoms with E-state index in [4.69, 9.17) is 4.74 Å². The second-order valence-corrected chi connectivity index (χ2v) is 4.50. The van der Waals surface area contributed by atoms with Crippen LogP contribution in [0, 0.1) is 0 Å². The lowest BCUT2D eigenvalue weighted by Gasteiger charge is -2.07. The first-order chi connectivity index (χ1) is 8.11. The maximum absolute atomic E-state index is 11.0. The lowest BCUT2D eigenvalue weighted by atomic mass is 10.1. The number of aromatic amines is 1. The van der Waals surface area contributed by atoms with Crippen LogP contribution in [0.3, 0.4) is 0 Å². The molecule has 0 radical (unpaired) electrons. The van der Waals surface area contributed by atoms with E-state index >= 15 is 0 Å². The molecule has 1 aromatic carbocycles. The van der Waals surface area contributed by atoms with Gasteiger partial charge in [0.05, 0.1) is 12.0 Å². The average Bonchev–Trinajstić information content (AvgIpc) is 2.60. The number of H-pyrrole nitrogens is 1. The molecule has 0 aliphatic rings. The molecule has 0 fully saturated rings. The van der Waals surface area contributed by atoms with E-state index in [-0.39, 0.29) is 22.9 Å². The van der Waals surface area contributed by atoms with Crippen LogP contribution < -0.4 is 9.61 Å². The number of para-hydroxylation sites is 1. The zero-order chi connectivity index (χ0) is 12.4. The Hall–Kier alpha value is -1.95. The lowest BCUT2D eigenvalue weighted by molar-refractivity contribution is 0.371. The molecule has 1 heterocycles. The smallest absolute Gasteiger partial charge is 0.307 e. The molecule has 0 amide bonds. The first-order valence-corrected chi connectivity index (χ1v) is 5.69. The van der Waals surface area contributed by atoms with Gasteiger partial charge in [-0.1, -0.05) is 23.5 Å². The zero-order valence-corrected chi connectivity index (χ0v) is 9.87. The molecule has 1 aromatic heterocycles. The van der Waals surface area contributed by atoms with E-state index in [0.29, 0.717) is 16.2 Å². The number of methoxy groups -OCH3 is 1. The van der Waals surface area contributed by atoms with Gasteiger partial charge < -0.3 is 14.9 Å². The van der Waals surface area contributed by atoms with E-state index in [1.165, 1.54) is 7.11 Å². The molecule has 0 unspecified atom stereocenters. The molecule has 0 atom stereocenters. The maximum Gasteiger partial charge on any atom is 0.307 e. The number of thiazole rings is 1. The first kappa shape index (κ1) is 11.5. The van der Waals surface area contributed by atoms with Crippen molar-refractivity contribution in [1.29, 1.82) is 0 Å². The predicted molar refractivity (Wildman–Crippen MR) is 64.1 cm³/mol. The van der Waals surface area contributed by atoms with Crippen molar-refractivity contribution in [3.05, 3.63) is 38.3 Å². The van der Waals surface area contributed by atoms with Crippen LogP contribution in [0.1, 0.15) is 10.4 Å². The van der Waals surface area contributed by atoms with E-state index in [2.05, 4.69) is 4.98 Å². The second-order valence-electron chi connectivity index (χ2n) is 3.43. The Morgan fingerprint density at radius 3 is 2.76 bits per heavy atom. The minimum Gasteiger partial charge on any atom is -0.504 e. The molecule has 2 rings (SSSR count). The molecule has 0 aliphatic heterocycles. The normalized spacial score (nSPS) is 10.4. The highest BCUT2D eigenvalue weighted by Crippen LogP contribution is 2.32. The van der Waals surface area contributed by atoms with Gasteiger partial charge in [0.1, 0.15) is 0 Å². The topological polar surface area (TPSA) is 82.6 Å². The fraction of sp³-hybridized carbons (Fsp3) is 0.182. The van der Waals surface area contributed by atoms with Crippen LogP contribution in [0.25, 0.3) is 0 Å². The first-order valence-electron chi connectivity index (χ1n) is 4.87. The van der Waals surface area contributed by atoms with E-state index in [1.807, 2.05) is 0 Å². The van der Waals surface area contributed by atoms with Gasteiger partial charge in [-0.05, 0) is 6.07 Å². The Labute approximate surface area is 101 Å². The van der Waals surface area contributed by atoms with Gasteiger partial charge >= 0.3 is 4.87 Å². The number of phenols is 1. The highest BCUT2D eigenvalue weighted by atomic mass is 32.1. The van der Waals surface area contributed by atoms with Crippen molar-refractivity contribution in [1.82, 2.24) is 4.98 Å². The van der Waals surface area contributed by atoms with Gasteiger partial charge in [-0.3, -0.25) is 9.78 Å². The van der Waals surface area contributed by atoms with Crippen LogP contribution in [0.5, 0.6) is 17.4 Å². The van der Waals surface area contributed by atoms with Crippen LogP contribution in [0.4, 0.5) is 0 Å². The number of ether oxygens (including phenoxy) is 1. The van der Waals surface area contributed by atoms with Crippen molar-refractivity contribution >= 4 is 11.3 Å². The molecule has 0 spiro atoms. The lowest BCUT2D eigenvalue weighted by Crippen LogP contribution is -1.90. The van der Waals surface area contributed by atoms with Gasteiger partial charge in [0.25, 0.3) is 0 Å². The van der Waals surface area contributed by atoms with Crippen LogP contribution in [-0.4, -0.2) is 22.3 Å².